The largest absolute Gasteiger partial charge is 0.378 e. The number of hydrogen-bond acceptors (Lipinski definition) is 5. The van der Waals surface area contributed by atoms with Gasteiger partial charge in [0.05, 0.1) is 12.1 Å². The third kappa shape index (κ3) is 2.43. The van der Waals surface area contributed by atoms with Crippen LogP contribution < -0.4 is 10.6 Å². The molecule has 2 heterocycles. The third-order valence-corrected chi connectivity index (χ3v) is 2.57. The van der Waals surface area contributed by atoms with Crippen molar-refractivity contribution in [2.45, 2.75) is 19.1 Å². The van der Waals surface area contributed by atoms with Crippen molar-refractivity contribution in [1.82, 2.24) is 15.3 Å². The van der Waals surface area contributed by atoms with Crippen molar-refractivity contribution < 1.29 is 4.74 Å². The minimum Gasteiger partial charge on any atom is -0.378 e. The summed E-state index contributed by atoms with van der Waals surface area (Å²) >= 11 is 0. The van der Waals surface area contributed by atoms with Gasteiger partial charge < -0.3 is 15.4 Å². The van der Waals surface area contributed by atoms with Gasteiger partial charge in [0, 0.05) is 26.4 Å². The molecule has 0 saturated carbocycles. The summed E-state index contributed by atoms with van der Waals surface area (Å²) in [6.45, 7) is 3.67. The Morgan fingerprint density at radius 1 is 1.53 bits per heavy atom. The maximum absolute atomic E-state index is 5.36. The van der Waals surface area contributed by atoms with Crippen LogP contribution in [0.3, 0.4) is 0 Å². The van der Waals surface area contributed by atoms with Crippen LogP contribution in [0.1, 0.15) is 5.82 Å². The Kier molecular flexibility index (Phi) is 3.13. The number of ether oxygens (including phenoxy) is 1. The molecule has 5 nitrogen and oxygen atoms in total. The number of rotatable bonds is 3. The van der Waals surface area contributed by atoms with Gasteiger partial charge in [0.25, 0.3) is 0 Å². The van der Waals surface area contributed by atoms with E-state index in [0.29, 0.717) is 0 Å². The van der Waals surface area contributed by atoms with E-state index < -0.39 is 0 Å². The molecule has 2 atom stereocenters. The highest BCUT2D eigenvalue weighted by atomic mass is 16.5. The molecule has 1 aliphatic heterocycles. The number of aromatic nitrogens is 2. The van der Waals surface area contributed by atoms with Crippen LogP contribution in [0.4, 0.5) is 5.82 Å². The first kappa shape index (κ1) is 10.3. The Morgan fingerprint density at radius 3 is 3.13 bits per heavy atom. The summed E-state index contributed by atoms with van der Waals surface area (Å²) in [7, 11) is 1.73. The van der Waals surface area contributed by atoms with Crippen LogP contribution in [0.5, 0.6) is 0 Å². The Labute approximate surface area is 89.3 Å². The van der Waals surface area contributed by atoms with E-state index in [1.807, 2.05) is 13.0 Å². The van der Waals surface area contributed by atoms with E-state index in [0.717, 1.165) is 24.7 Å². The zero-order valence-corrected chi connectivity index (χ0v) is 9.03. The molecule has 0 amide bonds. The van der Waals surface area contributed by atoms with Gasteiger partial charge in [-0.1, -0.05) is 0 Å². The van der Waals surface area contributed by atoms with E-state index in [1.165, 1.54) is 0 Å². The molecule has 1 saturated heterocycles. The van der Waals surface area contributed by atoms with Crippen molar-refractivity contribution in [2.24, 2.45) is 0 Å². The lowest BCUT2D eigenvalue weighted by atomic mass is 10.2. The lowest BCUT2D eigenvalue weighted by molar-refractivity contribution is 0.111. The van der Waals surface area contributed by atoms with Gasteiger partial charge in [-0.25, -0.2) is 9.97 Å². The van der Waals surface area contributed by atoms with Crippen LogP contribution in [0.2, 0.25) is 0 Å². The summed E-state index contributed by atoms with van der Waals surface area (Å²) in [5, 5.41) is 6.62. The normalized spacial score (nSPS) is 25.5. The SMILES string of the molecule is COC1CNCC1Nc1ccnc(C)n1. The van der Waals surface area contributed by atoms with Crippen molar-refractivity contribution >= 4 is 5.82 Å². The van der Waals surface area contributed by atoms with Crippen LogP contribution in [0, 0.1) is 6.92 Å². The van der Waals surface area contributed by atoms with E-state index >= 15 is 0 Å². The predicted octanol–water partition coefficient (Wildman–Crippen LogP) is 0.184. The second-order valence-electron chi connectivity index (χ2n) is 3.67. The molecule has 1 fully saturated rings. The molecule has 1 aliphatic rings. The topological polar surface area (TPSA) is 59.1 Å². The van der Waals surface area contributed by atoms with Crippen molar-refractivity contribution in [2.75, 3.05) is 25.5 Å². The molecule has 2 unspecified atom stereocenters. The molecule has 0 spiro atoms. The third-order valence-electron chi connectivity index (χ3n) is 2.57. The monoisotopic (exact) mass is 208 g/mol. The fourth-order valence-electron chi connectivity index (χ4n) is 1.77. The number of aryl methyl sites for hydroxylation is 1. The number of anilines is 1. The van der Waals surface area contributed by atoms with E-state index in [9.17, 15) is 0 Å². The first-order valence-corrected chi connectivity index (χ1v) is 5.09. The van der Waals surface area contributed by atoms with Crippen molar-refractivity contribution in [1.29, 1.82) is 0 Å². The Bertz CT molecular complexity index is 331. The molecular formula is C10H16N4O. The summed E-state index contributed by atoms with van der Waals surface area (Å²) in [5.74, 6) is 1.64. The quantitative estimate of drug-likeness (QED) is 0.742. The van der Waals surface area contributed by atoms with E-state index in [2.05, 4.69) is 20.6 Å². The highest BCUT2D eigenvalue weighted by Crippen LogP contribution is 2.10. The van der Waals surface area contributed by atoms with Crippen molar-refractivity contribution in [3.63, 3.8) is 0 Å². The molecule has 5 heteroatoms. The summed E-state index contributed by atoms with van der Waals surface area (Å²) in [6.07, 6.45) is 1.97. The minimum absolute atomic E-state index is 0.209. The van der Waals surface area contributed by atoms with Gasteiger partial charge in [-0.2, -0.15) is 0 Å². The average Bonchev–Trinajstić information content (AvgIpc) is 2.65. The average molecular weight is 208 g/mol. The molecule has 2 rings (SSSR count). The van der Waals surface area contributed by atoms with Gasteiger partial charge >= 0.3 is 0 Å². The van der Waals surface area contributed by atoms with Gasteiger partial charge in [0.15, 0.2) is 0 Å². The molecule has 15 heavy (non-hydrogen) atoms. The smallest absolute Gasteiger partial charge is 0.129 e. The van der Waals surface area contributed by atoms with Crippen LogP contribution in [0.25, 0.3) is 0 Å². The van der Waals surface area contributed by atoms with Gasteiger partial charge in [0.2, 0.25) is 0 Å². The molecule has 1 aromatic heterocycles. The number of nitrogens with zero attached hydrogens (tertiary/aromatic N) is 2. The summed E-state index contributed by atoms with van der Waals surface area (Å²) < 4.78 is 5.36. The fraction of sp³-hybridized carbons (Fsp3) is 0.600. The Balaban J connectivity index is 2.02. The van der Waals surface area contributed by atoms with Crippen molar-refractivity contribution in [3.8, 4) is 0 Å². The maximum Gasteiger partial charge on any atom is 0.129 e. The predicted molar refractivity (Wildman–Crippen MR) is 57.8 cm³/mol. The molecule has 0 radical (unpaired) electrons. The standard InChI is InChI=1S/C10H16N4O/c1-7-12-4-3-10(13-7)14-8-5-11-6-9(8)15-2/h3-4,8-9,11H,5-6H2,1-2H3,(H,12,13,14). The molecule has 82 valence electrons. The Morgan fingerprint density at radius 2 is 2.40 bits per heavy atom. The zero-order chi connectivity index (χ0) is 10.7. The molecule has 0 aromatic carbocycles. The van der Waals surface area contributed by atoms with Crippen LogP contribution in [-0.2, 0) is 4.74 Å². The lowest BCUT2D eigenvalue weighted by Gasteiger charge is -2.18. The Hall–Kier alpha value is -1.20. The van der Waals surface area contributed by atoms with Crippen LogP contribution >= 0.6 is 0 Å². The maximum atomic E-state index is 5.36. The first-order chi connectivity index (χ1) is 7.29. The molecule has 1 aromatic rings. The number of methoxy groups -OCH3 is 1. The minimum atomic E-state index is 0.209. The molecular weight excluding hydrogens is 192 g/mol. The molecule has 0 aliphatic carbocycles. The number of hydrogen-bond donors (Lipinski definition) is 2. The van der Waals surface area contributed by atoms with Gasteiger partial charge in [-0.05, 0) is 13.0 Å². The first-order valence-electron chi connectivity index (χ1n) is 5.09. The summed E-state index contributed by atoms with van der Waals surface area (Å²) in [6, 6.07) is 2.15. The van der Waals surface area contributed by atoms with Gasteiger partial charge in [0.1, 0.15) is 11.6 Å². The van der Waals surface area contributed by atoms with E-state index in [1.54, 1.807) is 13.3 Å². The molecule has 0 bridgehead atoms. The zero-order valence-electron chi connectivity index (χ0n) is 9.03. The van der Waals surface area contributed by atoms with Crippen molar-refractivity contribution in [3.05, 3.63) is 18.1 Å². The highest BCUT2D eigenvalue weighted by Gasteiger charge is 2.26. The fourth-order valence-corrected chi connectivity index (χ4v) is 1.77. The van der Waals surface area contributed by atoms with Crippen LogP contribution in [0.15, 0.2) is 12.3 Å². The number of nitrogens with one attached hydrogen (secondary N) is 2. The highest BCUT2D eigenvalue weighted by molar-refractivity contribution is 5.35. The van der Waals surface area contributed by atoms with E-state index in [-0.39, 0.29) is 12.1 Å². The lowest BCUT2D eigenvalue weighted by Crippen LogP contribution is -2.33. The molecule has 2 N–H and O–H groups in total. The summed E-state index contributed by atoms with van der Waals surface area (Å²) in [5.41, 5.74) is 0. The van der Waals surface area contributed by atoms with Crippen LogP contribution in [-0.4, -0.2) is 42.3 Å². The summed E-state index contributed by atoms with van der Waals surface area (Å²) in [4.78, 5) is 8.36. The second-order valence-corrected chi connectivity index (χ2v) is 3.67. The second kappa shape index (κ2) is 4.55. The van der Waals surface area contributed by atoms with Gasteiger partial charge in [-0.3, -0.25) is 0 Å². The van der Waals surface area contributed by atoms with E-state index in [4.69, 9.17) is 4.74 Å². The van der Waals surface area contributed by atoms with Gasteiger partial charge in [-0.15, -0.1) is 0 Å².